The molecule has 0 aromatic heterocycles. The average Bonchev–Trinajstić information content (AvgIpc) is 1.85. The topological polar surface area (TPSA) is 0 Å². The molecule has 3 heteroatoms. The first-order valence-corrected chi connectivity index (χ1v) is 3.77. The van der Waals surface area contributed by atoms with Crippen LogP contribution in [0, 0.1) is 5.92 Å². The zero-order valence-corrected chi connectivity index (χ0v) is 7.28. The van der Waals surface area contributed by atoms with Gasteiger partial charge in [-0.2, -0.15) is 13.2 Å². The zero-order valence-electron chi connectivity index (χ0n) is 7.28. The Morgan fingerprint density at radius 2 is 1.92 bits per heavy atom. The highest BCUT2D eigenvalue weighted by atomic mass is 19.4. The molecular formula is C9H13F3. The van der Waals surface area contributed by atoms with Crippen LogP contribution in [0.2, 0.25) is 0 Å². The molecule has 0 aromatic carbocycles. The number of hydrogen-bond acceptors (Lipinski definition) is 0. The molecule has 0 fully saturated rings. The molecule has 0 saturated heterocycles. The normalized spacial score (nSPS) is 13.7. The van der Waals surface area contributed by atoms with Gasteiger partial charge in [0.15, 0.2) is 0 Å². The predicted molar refractivity (Wildman–Crippen MR) is 43.8 cm³/mol. The van der Waals surface area contributed by atoms with Gasteiger partial charge < -0.3 is 0 Å². The molecule has 0 heterocycles. The van der Waals surface area contributed by atoms with Crippen molar-refractivity contribution in [3.8, 4) is 0 Å². The molecule has 0 amide bonds. The fraction of sp³-hybridized carbons (Fsp3) is 0.556. The summed E-state index contributed by atoms with van der Waals surface area (Å²) >= 11 is 0. The molecule has 0 aliphatic carbocycles. The molecule has 0 unspecified atom stereocenters. The molecule has 0 bridgehead atoms. The summed E-state index contributed by atoms with van der Waals surface area (Å²) in [5.41, 5.74) is -0.642. The minimum Gasteiger partial charge on any atom is -0.166 e. The van der Waals surface area contributed by atoms with Crippen LogP contribution in [0.3, 0.4) is 0 Å². The van der Waals surface area contributed by atoms with Crippen molar-refractivity contribution in [2.24, 2.45) is 5.92 Å². The first kappa shape index (κ1) is 11.3. The second kappa shape index (κ2) is 4.33. The van der Waals surface area contributed by atoms with E-state index in [0.717, 1.165) is 6.08 Å². The molecule has 0 aliphatic heterocycles. The van der Waals surface area contributed by atoms with Crippen LogP contribution in [-0.4, -0.2) is 6.18 Å². The van der Waals surface area contributed by atoms with E-state index in [1.54, 1.807) is 0 Å². The van der Waals surface area contributed by atoms with Gasteiger partial charge in [0.05, 0.1) is 5.57 Å². The molecule has 0 saturated carbocycles. The zero-order chi connectivity index (χ0) is 9.78. The number of alkyl halides is 3. The van der Waals surface area contributed by atoms with Crippen molar-refractivity contribution in [3.05, 3.63) is 24.3 Å². The van der Waals surface area contributed by atoms with Gasteiger partial charge in [-0.15, -0.1) is 0 Å². The van der Waals surface area contributed by atoms with Crippen molar-refractivity contribution < 1.29 is 13.2 Å². The van der Waals surface area contributed by atoms with E-state index >= 15 is 0 Å². The monoisotopic (exact) mass is 178 g/mol. The van der Waals surface area contributed by atoms with Crippen molar-refractivity contribution in [1.82, 2.24) is 0 Å². The largest absolute Gasteiger partial charge is 0.416 e. The summed E-state index contributed by atoms with van der Waals surface area (Å²) in [4.78, 5) is 0. The van der Waals surface area contributed by atoms with E-state index < -0.39 is 11.7 Å². The maximum absolute atomic E-state index is 12.0. The van der Waals surface area contributed by atoms with Gasteiger partial charge in [0.2, 0.25) is 0 Å². The molecule has 0 atom stereocenters. The van der Waals surface area contributed by atoms with E-state index in [0.29, 0.717) is 6.42 Å². The Hall–Kier alpha value is -0.730. The van der Waals surface area contributed by atoms with Crippen LogP contribution in [0.5, 0.6) is 0 Å². The Bertz CT molecular complexity index is 175. The third kappa shape index (κ3) is 4.21. The van der Waals surface area contributed by atoms with Crippen molar-refractivity contribution >= 4 is 0 Å². The van der Waals surface area contributed by atoms with Crippen LogP contribution in [0.4, 0.5) is 13.2 Å². The Kier molecular flexibility index (Phi) is 4.07. The highest BCUT2D eigenvalue weighted by molar-refractivity contribution is 5.21. The van der Waals surface area contributed by atoms with E-state index in [4.69, 9.17) is 0 Å². The maximum atomic E-state index is 12.0. The van der Waals surface area contributed by atoms with Crippen LogP contribution in [0.25, 0.3) is 0 Å². The second-order valence-corrected chi connectivity index (χ2v) is 2.99. The van der Waals surface area contributed by atoms with Crippen LogP contribution < -0.4 is 0 Å². The molecule has 0 N–H and O–H groups in total. The van der Waals surface area contributed by atoms with Crippen molar-refractivity contribution in [3.63, 3.8) is 0 Å². The minimum atomic E-state index is -4.25. The Balaban J connectivity index is 4.34. The molecule has 0 rings (SSSR count). The van der Waals surface area contributed by atoms with Crippen LogP contribution in [0.1, 0.15) is 20.3 Å². The molecule has 0 aromatic rings. The van der Waals surface area contributed by atoms with E-state index in [9.17, 15) is 13.2 Å². The Morgan fingerprint density at radius 1 is 1.42 bits per heavy atom. The summed E-state index contributed by atoms with van der Waals surface area (Å²) in [6.45, 7) is 6.85. The van der Waals surface area contributed by atoms with Gasteiger partial charge >= 0.3 is 6.18 Å². The number of hydrogen-bond donors (Lipinski definition) is 0. The number of halogens is 3. The highest BCUT2D eigenvalue weighted by Crippen LogP contribution is 2.26. The summed E-state index contributed by atoms with van der Waals surface area (Å²) < 4.78 is 36.1. The Labute approximate surface area is 70.8 Å². The van der Waals surface area contributed by atoms with Crippen LogP contribution in [0.15, 0.2) is 24.3 Å². The summed E-state index contributed by atoms with van der Waals surface area (Å²) in [6.07, 6.45) is -1.79. The molecule has 0 spiro atoms. The third-order valence-electron chi connectivity index (χ3n) is 1.36. The van der Waals surface area contributed by atoms with Crippen molar-refractivity contribution in [2.75, 3.05) is 0 Å². The summed E-state index contributed by atoms with van der Waals surface area (Å²) in [7, 11) is 0. The lowest BCUT2D eigenvalue weighted by molar-refractivity contribution is -0.0884. The number of rotatable bonds is 3. The lowest BCUT2D eigenvalue weighted by atomic mass is 10.1. The van der Waals surface area contributed by atoms with Gasteiger partial charge in [-0.25, -0.2) is 0 Å². The lowest BCUT2D eigenvalue weighted by Gasteiger charge is -2.07. The number of allylic oxidation sites excluding steroid dienone is 3. The standard InChI is InChI=1S/C9H13F3/c1-4-8(9(10,11)12)6-5-7(2)3/h4,6-7H,1,5H2,2-3H3/b8-6+. The summed E-state index contributed by atoms with van der Waals surface area (Å²) in [5, 5.41) is 0. The fourth-order valence-corrected chi connectivity index (χ4v) is 0.677. The van der Waals surface area contributed by atoms with Gasteiger partial charge in [-0.1, -0.05) is 32.6 Å². The third-order valence-corrected chi connectivity index (χ3v) is 1.36. The van der Waals surface area contributed by atoms with Gasteiger partial charge in [0.25, 0.3) is 0 Å². The SMILES string of the molecule is C=C/C(=C\CC(C)C)C(F)(F)F. The van der Waals surface area contributed by atoms with Gasteiger partial charge in [-0.3, -0.25) is 0 Å². The molecule has 12 heavy (non-hydrogen) atoms. The first-order valence-electron chi connectivity index (χ1n) is 3.77. The lowest BCUT2D eigenvalue weighted by Crippen LogP contribution is -2.09. The second-order valence-electron chi connectivity index (χ2n) is 2.99. The fourth-order valence-electron chi connectivity index (χ4n) is 0.677. The van der Waals surface area contributed by atoms with E-state index in [-0.39, 0.29) is 5.92 Å². The molecular weight excluding hydrogens is 165 g/mol. The average molecular weight is 178 g/mol. The Morgan fingerprint density at radius 3 is 2.17 bits per heavy atom. The van der Waals surface area contributed by atoms with Crippen molar-refractivity contribution in [1.29, 1.82) is 0 Å². The van der Waals surface area contributed by atoms with E-state index in [1.807, 2.05) is 13.8 Å². The molecule has 0 nitrogen and oxygen atoms in total. The van der Waals surface area contributed by atoms with Gasteiger partial charge in [-0.05, 0) is 12.3 Å². The maximum Gasteiger partial charge on any atom is 0.416 e. The van der Waals surface area contributed by atoms with E-state index in [2.05, 4.69) is 6.58 Å². The highest BCUT2D eigenvalue weighted by Gasteiger charge is 2.30. The molecule has 0 radical (unpaired) electrons. The quantitative estimate of drug-likeness (QED) is 0.578. The van der Waals surface area contributed by atoms with Gasteiger partial charge in [0.1, 0.15) is 0 Å². The predicted octanol–water partition coefficient (Wildman–Crippen LogP) is 3.71. The first-order chi connectivity index (χ1) is 5.38. The molecule has 70 valence electrons. The summed E-state index contributed by atoms with van der Waals surface area (Å²) in [6, 6.07) is 0. The van der Waals surface area contributed by atoms with Crippen molar-refractivity contribution in [2.45, 2.75) is 26.4 Å². The minimum absolute atomic E-state index is 0.238. The van der Waals surface area contributed by atoms with Gasteiger partial charge in [0, 0.05) is 0 Å². The summed E-state index contributed by atoms with van der Waals surface area (Å²) in [5.74, 6) is 0.238. The van der Waals surface area contributed by atoms with Crippen LogP contribution >= 0.6 is 0 Å². The van der Waals surface area contributed by atoms with Crippen LogP contribution in [-0.2, 0) is 0 Å². The smallest absolute Gasteiger partial charge is 0.166 e. The van der Waals surface area contributed by atoms with E-state index in [1.165, 1.54) is 6.08 Å². The molecule has 0 aliphatic rings.